The van der Waals surface area contributed by atoms with Gasteiger partial charge < -0.3 is 15.3 Å². The Morgan fingerprint density at radius 3 is 1.97 bits per heavy atom. The lowest BCUT2D eigenvalue weighted by Gasteiger charge is -2.27. The van der Waals surface area contributed by atoms with E-state index in [9.17, 15) is 14.4 Å². The van der Waals surface area contributed by atoms with E-state index < -0.39 is 5.97 Å². The third-order valence-electron chi connectivity index (χ3n) is 5.58. The molecular weight excluding hydrogens is 428 g/mol. The maximum Gasteiger partial charge on any atom is 0.303 e. The zero-order valence-corrected chi connectivity index (χ0v) is 19.5. The number of hydrogen-bond donors (Lipinski definition) is 2. The van der Waals surface area contributed by atoms with Gasteiger partial charge in [0.1, 0.15) is 0 Å². The van der Waals surface area contributed by atoms with E-state index in [4.69, 9.17) is 5.11 Å². The second kappa shape index (κ2) is 11.8. The van der Waals surface area contributed by atoms with Gasteiger partial charge in [-0.15, -0.1) is 0 Å². The monoisotopic (exact) mass is 458 g/mol. The molecule has 0 aromatic heterocycles. The van der Waals surface area contributed by atoms with Gasteiger partial charge in [-0.2, -0.15) is 0 Å². The largest absolute Gasteiger partial charge is 0.481 e. The van der Waals surface area contributed by atoms with Gasteiger partial charge in [-0.25, -0.2) is 0 Å². The predicted molar refractivity (Wildman–Crippen MR) is 131 cm³/mol. The van der Waals surface area contributed by atoms with E-state index in [1.165, 1.54) is 0 Å². The highest BCUT2D eigenvalue weighted by atomic mass is 16.4. The Labute approximate surface area is 200 Å². The molecule has 0 saturated heterocycles. The Kier molecular flexibility index (Phi) is 8.57. The molecule has 0 radical (unpaired) electrons. The van der Waals surface area contributed by atoms with E-state index in [1.54, 1.807) is 29.2 Å². The highest BCUT2D eigenvalue weighted by Gasteiger charge is 2.19. The van der Waals surface area contributed by atoms with Crippen LogP contribution in [0.2, 0.25) is 0 Å². The van der Waals surface area contributed by atoms with Crippen LogP contribution in [-0.4, -0.2) is 33.8 Å². The summed E-state index contributed by atoms with van der Waals surface area (Å²) in [5, 5.41) is 11.7. The lowest BCUT2D eigenvalue weighted by atomic mass is 10.1. The zero-order chi connectivity index (χ0) is 24.5. The normalized spacial score (nSPS) is 10.7. The Balaban J connectivity index is 1.60. The van der Waals surface area contributed by atoms with Crippen molar-refractivity contribution >= 4 is 17.8 Å². The maximum absolute atomic E-state index is 13.2. The molecule has 0 spiro atoms. The second-order valence-corrected chi connectivity index (χ2v) is 8.48. The molecule has 0 aliphatic carbocycles. The fourth-order valence-corrected chi connectivity index (χ4v) is 3.55. The van der Waals surface area contributed by atoms with Gasteiger partial charge in [-0.05, 0) is 61.2 Å². The third kappa shape index (κ3) is 7.04. The molecule has 0 fully saturated rings. The minimum absolute atomic E-state index is 0.00373. The fourth-order valence-electron chi connectivity index (χ4n) is 3.55. The molecule has 0 aliphatic heterocycles. The highest BCUT2D eigenvalue weighted by Crippen LogP contribution is 2.16. The van der Waals surface area contributed by atoms with Crippen LogP contribution in [-0.2, 0) is 24.3 Å². The minimum Gasteiger partial charge on any atom is -0.481 e. The number of carboxylic acids is 1. The molecule has 0 heterocycles. The minimum atomic E-state index is -0.815. The van der Waals surface area contributed by atoms with Gasteiger partial charge in [0.05, 0.1) is 0 Å². The van der Waals surface area contributed by atoms with Crippen LogP contribution in [0.15, 0.2) is 78.9 Å². The first-order valence-electron chi connectivity index (χ1n) is 11.4. The van der Waals surface area contributed by atoms with Crippen LogP contribution in [0.4, 0.5) is 0 Å². The summed E-state index contributed by atoms with van der Waals surface area (Å²) in [4.78, 5) is 38.0. The number of hydrogen-bond acceptors (Lipinski definition) is 3. The van der Waals surface area contributed by atoms with Gasteiger partial charge >= 0.3 is 5.97 Å². The number of aryl methyl sites for hydroxylation is 1. The van der Waals surface area contributed by atoms with Crippen molar-refractivity contribution < 1.29 is 19.5 Å². The molecule has 0 saturated carbocycles. The zero-order valence-electron chi connectivity index (χ0n) is 19.5. The molecule has 6 heteroatoms. The quantitative estimate of drug-likeness (QED) is 0.462. The maximum atomic E-state index is 13.2. The molecule has 3 aromatic rings. The molecule has 34 heavy (non-hydrogen) atoms. The van der Waals surface area contributed by atoms with Gasteiger partial charge in [-0.1, -0.05) is 54.6 Å². The van der Waals surface area contributed by atoms with Crippen molar-refractivity contribution in [1.29, 1.82) is 0 Å². The average Bonchev–Trinajstić information content (AvgIpc) is 2.85. The number of rotatable bonds is 10. The van der Waals surface area contributed by atoms with Crippen LogP contribution < -0.4 is 5.32 Å². The van der Waals surface area contributed by atoms with Crippen LogP contribution in [0.3, 0.4) is 0 Å². The standard InChI is InChI=1S/C28H30N2O4/c1-20(2)30(19-23-10-8-21(9-11-23)14-17-26(31)32)28(34)25-15-12-22(13-16-25)18-29-27(33)24-6-4-3-5-7-24/h3-13,15-16,20H,14,17-19H2,1-2H3,(H,29,33)(H,31,32). The Morgan fingerprint density at radius 2 is 1.38 bits per heavy atom. The summed E-state index contributed by atoms with van der Waals surface area (Å²) < 4.78 is 0. The summed E-state index contributed by atoms with van der Waals surface area (Å²) >= 11 is 0. The van der Waals surface area contributed by atoms with E-state index in [0.29, 0.717) is 30.6 Å². The van der Waals surface area contributed by atoms with E-state index in [0.717, 1.165) is 16.7 Å². The average molecular weight is 459 g/mol. The molecule has 0 bridgehead atoms. The van der Waals surface area contributed by atoms with E-state index in [2.05, 4.69) is 5.32 Å². The van der Waals surface area contributed by atoms with Crippen molar-refractivity contribution in [3.8, 4) is 0 Å². The molecule has 3 rings (SSSR count). The lowest BCUT2D eigenvalue weighted by molar-refractivity contribution is -0.136. The third-order valence-corrected chi connectivity index (χ3v) is 5.58. The molecule has 0 aliphatic rings. The summed E-state index contributed by atoms with van der Waals surface area (Å²) in [7, 11) is 0. The SMILES string of the molecule is CC(C)N(Cc1ccc(CCC(=O)O)cc1)C(=O)c1ccc(CNC(=O)c2ccccc2)cc1. The predicted octanol–water partition coefficient (Wildman–Crippen LogP) is 4.68. The first-order valence-corrected chi connectivity index (χ1v) is 11.4. The van der Waals surface area contributed by atoms with Gasteiger partial charge in [0.25, 0.3) is 11.8 Å². The molecule has 6 nitrogen and oxygen atoms in total. The number of amides is 2. The summed E-state index contributed by atoms with van der Waals surface area (Å²) in [6, 6.07) is 24.1. The van der Waals surface area contributed by atoms with E-state index in [-0.39, 0.29) is 24.3 Å². The number of carboxylic acid groups (broad SMARTS) is 1. The van der Waals surface area contributed by atoms with E-state index in [1.807, 2.05) is 68.4 Å². The van der Waals surface area contributed by atoms with Crippen molar-refractivity contribution in [2.45, 2.75) is 45.8 Å². The van der Waals surface area contributed by atoms with E-state index >= 15 is 0 Å². The Hall–Kier alpha value is -3.93. The molecule has 2 amide bonds. The van der Waals surface area contributed by atoms with Crippen LogP contribution in [0.25, 0.3) is 0 Å². The highest BCUT2D eigenvalue weighted by molar-refractivity contribution is 5.95. The van der Waals surface area contributed by atoms with Crippen LogP contribution >= 0.6 is 0 Å². The van der Waals surface area contributed by atoms with Crippen molar-refractivity contribution in [3.63, 3.8) is 0 Å². The summed E-state index contributed by atoms with van der Waals surface area (Å²) in [5.74, 6) is -1.02. The van der Waals surface area contributed by atoms with Gasteiger partial charge in [0.2, 0.25) is 0 Å². The Morgan fingerprint density at radius 1 is 0.794 bits per heavy atom. The summed E-state index contributed by atoms with van der Waals surface area (Å²) in [5.41, 5.74) is 4.06. The second-order valence-electron chi connectivity index (χ2n) is 8.48. The molecular formula is C28H30N2O4. The number of carbonyl (C=O) groups is 3. The molecule has 2 N–H and O–H groups in total. The fraction of sp³-hybridized carbons (Fsp3) is 0.250. The van der Waals surface area contributed by atoms with Crippen molar-refractivity contribution in [2.24, 2.45) is 0 Å². The number of nitrogens with one attached hydrogen (secondary N) is 1. The summed E-state index contributed by atoms with van der Waals surface area (Å²) in [6.45, 7) is 4.80. The molecule has 176 valence electrons. The van der Waals surface area contributed by atoms with Gasteiger partial charge in [0.15, 0.2) is 0 Å². The number of nitrogens with zero attached hydrogens (tertiary/aromatic N) is 1. The summed E-state index contributed by atoms with van der Waals surface area (Å²) in [6.07, 6.45) is 0.586. The Bertz CT molecular complexity index is 1110. The topological polar surface area (TPSA) is 86.7 Å². The molecule has 3 aromatic carbocycles. The van der Waals surface area contributed by atoms with Crippen LogP contribution in [0, 0.1) is 0 Å². The number of aliphatic carboxylic acids is 1. The first kappa shape index (κ1) is 24.7. The molecule has 0 atom stereocenters. The van der Waals surface area contributed by atoms with Crippen molar-refractivity contribution in [2.75, 3.05) is 0 Å². The first-order chi connectivity index (χ1) is 16.3. The van der Waals surface area contributed by atoms with Crippen molar-refractivity contribution in [3.05, 3.63) is 107 Å². The molecule has 0 unspecified atom stereocenters. The smallest absolute Gasteiger partial charge is 0.303 e. The number of carbonyl (C=O) groups excluding carboxylic acids is 2. The van der Waals surface area contributed by atoms with Crippen molar-refractivity contribution in [1.82, 2.24) is 10.2 Å². The number of benzene rings is 3. The van der Waals surface area contributed by atoms with Gasteiger partial charge in [-0.3, -0.25) is 14.4 Å². The lowest BCUT2D eigenvalue weighted by Crippen LogP contribution is -2.36. The van der Waals surface area contributed by atoms with Crippen LogP contribution in [0.5, 0.6) is 0 Å². The van der Waals surface area contributed by atoms with Crippen LogP contribution in [0.1, 0.15) is 57.7 Å². The van der Waals surface area contributed by atoms with Gasteiger partial charge in [0, 0.05) is 36.7 Å².